The maximum Gasteiger partial charge on any atom is 0.214 e. The Morgan fingerprint density at radius 2 is 1.90 bits per heavy atom. The van der Waals surface area contributed by atoms with E-state index in [-0.39, 0.29) is 6.04 Å². The monoisotopic (exact) mass is 410 g/mol. The highest BCUT2D eigenvalue weighted by atomic mass is 16.5. The molecule has 1 unspecified atom stereocenters. The van der Waals surface area contributed by atoms with Gasteiger partial charge in [0.25, 0.3) is 0 Å². The van der Waals surface area contributed by atoms with Crippen molar-refractivity contribution in [1.82, 2.24) is 20.2 Å². The van der Waals surface area contributed by atoms with Gasteiger partial charge in [0.1, 0.15) is 18.0 Å². The summed E-state index contributed by atoms with van der Waals surface area (Å²) in [5.41, 5.74) is 3.83. The third-order valence-corrected chi connectivity index (χ3v) is 5.74. The molecule has 1 aliphatic rings. The molecule has 4 rings (SSSR count). The van der Waals surface area contributed by atoms with Crippen LogP contribution in [0.3, 0.4) is 0 Å². The quantitative estimate of drug-likeness (QED) is 0.599. The molecule has 3 aromatic rings. The van der Waals surface area contributed by atoms with Crippen LogP contribution in [0.25, 0.3) is 0 Å². The first-order chi connectivity index (χ1) is 14.7. The molecule has 0 aliphatic carbocycles. The lowest BCUT2D eigenvalue weighted by molar-refractivity contribution is -0.941. The third-order valence-electron chi connectivity index (χ3n) is 5.74. The molecule has 8 nitrogen and oxygen atoms in total. The number of quaternary nitrogens is 1. The molecule has 0 amide bonds. The summed E-state index contributed by atoms with van der Waals surface area (Å²) in [6.45, 7) is 3.02. The van der Waals surface area contributed by atoms with Crippen LogP contribution in [-0.2, 0) is 24.2 Å². The van der Waals surface area contributed by atoms with Crippen LogP contribution < -0.4 is 14.4 Å². The van der Waals surface area contributed by atoms with Crippen molar-refractivity contribution in [2.75, 3.05) is 34.5 Å². The van der Waals surface area contributed by atoms with E-state index in [1.165, 1.54) is 16.0 Å². The smallest absolute Gasteiger partial charge is 0.214 e. The van der Waals surface area contributed by atoms with E-state index in [1.807, 2.05) is 16.8 Å². The Morgan fingerprint density at radius 1 is 1.07 bits per heavy atom. The van der Waals surface area contributed by atoms with Gasteiger partial charge in [0.15, 0.2) is 6.04 Å². The molecule has 8 heteroatoms. The summed E-state index contributed by atoms with van der Waals surface area (Å²) >= 11 is 0. The molecule has 0 bridgehead atoms. The number of fused-ring (bicyclic) bond motifs is 1. The number of nitrogens with one attached hydrogen (secondary N) is 1. The molecule has 30 heavy (non-hydrogen) atoms. The van der Waals surface area contributed by atoms with E-state index in [9.17, 15) is 0 Å². The molecule has 0 saturated carbocycles. The van der Waals surface area contributed by atoms with Gasteiger partial charge in [-0.25, -0.2) is 4.68 Å². The summed E-state index contributed by atoms with van der Waals surface area (Å²) in [7, 11) is 5.02. The van der Waals surface area contributed by atoms with E-state index in [4.69, 9.17) is 14.2 Å². The fourth-order valence-electron chi connectivity index (χ4n) is 4.20. The summed E-state index contributed by atoms with van der Waals surface area (Å²) in [6, 6.07) is 14.5. The highest BCUT2D eigenvalue weighted by Gasteiger charge is 2.36. The van der Waals surface area contributed by atoms with E-state index >= 15 is 0 Å². The average Bonchev–Trinajstić information content (AvgIpc) is 3.26. The van der Waals surface area contributed by atoms with Crippen LogP contribution in [0.15, 0.2) is 42.5 Å². The molecular weight excluding hydrogens is 382 g/mol. The zero-order valence-electron chi connectivity index (χ0n) is 17.7. The maximum atomic E-state index is 5.75. The van der Waals surface area contributed by atoms with Gasteiger partial charge in [0.05, 0.1) is 39.5 Å². The van der Waals surface area contributed by atoms with Crippen LogP contribution >= 0.6 is 0 Å². The van der Waals surface area contributed by atoms with Crippen LogP contribution in [0.5, 0.6) is 11.5 Å². The first kappa shape index (κ1) is 20.3. The van der Waals surface area contributed by atoms with Crippen molar-refractivity contribution in [3.8, 4) is 11.5 Å². The standard InChI is InChI=1S/C22H27N5O3/c1-28-13-12-27-22(23-24-25-27)21(19-9-8-18(29-2)14-20(19)30-3)26-11-10-16-6-4-5-7-17(16)15-26/h4-9,14,21H,10-13,15H2,1-3H3/p+1/t21-/m1/s1. The lowest BCUT2D eigenvalue weighted by Gasteiger charge is -2.32. The molecule has 0 radical (unpaired) electrons. The molecule has 2 heterocycles. The lowest BCUT2D eigenvalue weighted by atomic mass is 9.95. The van der Waals surface area contributed by atoms with E-state index in [0.29, 0.717) is 13.2 Å². The number of hydrogen-bond donors (Lipinski definition) is 1. The van der Waals surface area contributed by atoms with Crippen molar-refractivity contribution in [3.63, 3.8) is 0 Å². The van der Waals surface area contributed by atoms with Crippen LogP contribution in [0, 0.1) is 0 Å². The van der Waals surface area contributed by atoms with Crippen molar-refractivity contribution in [2.24, 2.45) is 0 Å². The topological polar surface area (TPSA) is 75.7 Å². The molecule has 0 spiro atoms. The number of tetrazole rings is 1. The molecule has 2 atom stereocenters. The molecule has 1 N–H and O–H groups in total. The fourth-order valence-corrected chi connectivity index (χ4v) is 4.20. The second-order valence-electron chi connectivity index (χ2n) is 7.40. The minimum atomic E-state index is -0.0777. The number of ether oxygens (including phenoxy) is 3. The van der Waals surface area contributed by atoms with E-state index in [2.05, 4.69) is 45.9 Å². The molecule has 1 aromatic heterocycles. The Labute approximate surface area is 176 Å². The number of methoxy groups -OCH3 is 3. The van der Waals surface area contributed by atoms with Gasteiger partial charge in [-0.3, -0.25) is 0 Å². The Kier molecular flexibility index (Phi) is 6.25. The maximum absolute atomic E-state index is 5.75. The summed E-state index contributed by atoms with van der Waals surface area (Å²) in [6.07, 6.45) is 1.01. The lowest BCUT2D eigenvalue weighted by Crippen LogP contribution is -3.12. The number of nitrogens with zero attached hydrogens (tertiary/aromatic N) is 4. The van der Waals surface area contributed by atoms with E-state index in [1.54, 1.807) is 21.3 Å². The Hall–Kier alpha value is -2.97. The summed E-state index contributed by atoms with van der Waals surface area (Å²) in [5.74, 6) is 2.34. The second kappa shape index (κ2) is 9.23. The van der Waals surface area contributed by atoms with Gasteiger partial charge in [-0.15, -0.1) is 5.10 Å². The normalized spacial score (nSPS) is 16.7. The molecule has 0 saturated heterocycles. The summed E-state index contributed by atoms with van der Waals surface area (Å²) < 4.78 is 18.3. The Morgan fingerprint density at radius 3 is 2.67 bits per heavy atom. The Balaban J connectivity index is 1.78. The predicted octanol–water partition coefficient (Wildman–Crippen LogP) is 1.07. The zero-order valence-corrected chi connectivity index (χ0v) is 17.7. The number of hydrogen-bond acceptors (Lipinski definition) is 6. The average molecular weight is 410 g/mol. The number of benzene rings is 2. The van der Waals surface area contributed by atoms with Crippen LogP contribution in [-0.4, -0.2) is 54.7 Å². The molecule has 2 aromatic carbocycles. The van der Waals surface area contributed by atoms with E-state index in [0.717, 1.165) is 42.4 Å². The van der Waals surface area contributed by atoms with Crippen molar-refractivity contribution in [1.29, 1.82) is 0 Å². The third kappa shape index (κ3) is 4.01. The molecule has 1 aliphatic heterocycles. The van der Waals surface area contributed by atoms with Crippen molar-refractivity contribution < 1.29 is 19.1 Å². The second-order valence-corrected chi connectivity index (χ2v) is 7.40. The van der Waals surface area contributed by atoms with Gasteiger partial charge >= 0.3 is 0 Å². The van der Waals surface area contributed by atoms with Crippen molar-refractivity contribution >= 4 is 0 Å². The number of rotatable bonds is 8. The first-order valence-corrected chi connectivity index (χ1v) is 10.1. The summed E-state index contributed by atoms with van der Waals surface area (Å²) in [5, 5.41) is 12.6. The fraction of sp³-hybridized carbons (Fsp3) is 0.409. The van der Waals surface area contributed by atoms with Gasteiger partial charge in [-0.2, -0.15) is 0 Å². The van der Waals surface area contributed by atoms with Crippen LogP contribution in [0.2, 0.25) is 0 Å². The van der Waals surface area contributed by atoms with Crippen LogP contribution in [0.1, 0.15) is 28.6 Å². The molecule has 158 valence electrons. The summed E-state index contributed by atoms with van der Waals surface area (Å²) in [4.78, 5) is 1.38. The van der Waals surface area contributed by atoms with Crippen molar-refractivity contribution in [2.45, 2.75) is 25.6 Å². The predicted molar refractivity (Wildman–Crippen MR) is 111 cm³/mol. The van der Waals surface area contributed by atoms with Gasteiger partial charge in [-0.1, -0.05) is 24.3 Å². The minimum Gasteiger partial charge on any atom is -0.497 e. The molecular formula is C22H28N5O3+. The van der Waals surface area contributed by atoms with Crippen LogP contribution in [0.4, 0.5) is 0 Å². The highest BCUT2D eigenvalue weighted by Crippen LogP contribution is 2.31. The molecule has 0 fully saturated rings. The SMILES string of the molecule is COCCn1nnnc1[C@@H](c1ccc(OC)cc1OC)[NH+]1CCc2ccccc2C1. The van der Waals surface area contributed by atoms with Gasteiger partial charge < -0.3 is 19.1 Å². The first-order valence-electron chi connectivity index (χ1n) is 10.1. The van der Waals surface area contributed by atoms with E-state index < -0.39 is 0 Å². The number of aromatic nitrogens is 4. The van der Waals surface area contributed by atoms with Gasteiger partial charge in [-0.05, 0) is 28.1 Å². The minimum absolute atomic E-state index is 0.0777. The largest absolute Gasteiger partial charge is 0.497 e. The van der Waals surface area contributed by atoms with Gasteiger partial charge in [0.2, 0.25) is 5.82 Å². The Bertz CT molecular complexity index is 990. The van der Waals surface area contributed by atoms with Gasteiger partial charge in [0, 0.05) is 25.2 Å². The zero-order chi connectivity index (χ0) is 20.9. The highest BCUT2D eigenvalue weighted by molar-refractivity contribution is 5.43. The van der Waals surface area contributed by atoms with Crippen molar-refractivity contribution in [3.05, 3.63) is 65.0 Å².